The van der Waals surface area contributed by atoms with E-state index in [1.807, 2.05) is 16.7 Å². The highest BCUT2D eigenvalue weighted by Crippen LogP contribution is 2.47. The lowest BCUT2D eigenvalue weighted by molar-refractivity contribution is -0.116. The Balaban J connectivity index is 1.38. The Kier molecular flexibility index (Phi) is 6.05. The number of carbonyl (C=O) groups is 2. The number of aryl methyl sites for hydroxylation is 1. The summed E-state index contributed by atoms with van der Waals surface area (Å²) in [6.45, 7) is 10.8. The van der Waals surface area contributed by atoms with Gasteiger partial charge in [-0.25, -0.2) is 4.79 Å². The summed E-state index contributed by atoms with van der Waals surface area (Å²) < 4.78 is 5.29. The lowest BCUT2D eigenvalue weighted by Crippen LogP contribution is -2.52. The Morgan fingerprint density at radius 3 is 2.47 bits per heavy atom. The van der Waals surface area contributed by atoms with E-state index in [2.05, 4.69) is 30.0 Å². The molecule has 1 spiro atoms. The van der Waals surface area contributed by atoms with Crippen molar-refractivity contribution in [3.05, 3.63) is 29.3 Å². The van der Waals surface area contributed by atoms with Crippen molar-refractivity contribution in [2.24, 2.45) is 0 Å². The highest BCUT2D eigenvalue weighted by atomic mass is 16.6. The highest BCUT2D eigenvalue weighted by Gasteiger charge is 2.46. The molecule has 0 unspecified atom stereocenters. The number of likely N-dealkylation sites (tertiary alicyclic amines) is 2. The van der Waals surface area contributed by atoms with E-state index in [1.165, 1.54) is 11.1 Å². The maximum atomic E-state index is 12.3. The van der Waals surface area contributed by atoms with Crippen LogP contribution in [0, 0.1) is 6.92 Å². The molecule has 2 amide bonds. The van der Waals surface area contributed by atoms with Crippen molar-refractivity contribution in [2.45, 2.75) is 64.3 Å². The number of carbonyl (C=O) groups excluding carboxylic acids is 2. The predicted molar refractivity (Wildman–Crippen MR) is 118 cm³/mol. The number of benzene rings is 1. The van der Waals surface area contributed by atoms with Crippen molar-refractivity contribution < 1.29 is 14.3 Å². The number of hydrogen-bond donors (Lipinski definition) is 0. The van der Waals surface area contributed by atoms with Gasteiger partial charge in [0.25, 0.3) is 0 Å². The molecule has 1 aromatic carbocycles. The van der Waals surface area contributed by atoms with Crippen LogP contribution in [0.15, 0.2) is 18.2 Å². The number of amides is 2. The van der Waals surface area contributed by atoms with Crippen molar-refractivity contribution in [1.82, 2.24) is 9.80 Å². The molecule has 164 valence electrons. The first-order valence-corrected chi connectivity index (χ1v) is 11.5. The summed E-state index contributed by atoms with van der Waals surface area (Å²) in [6, 6.07) is 7.08. The Morgan fingerprint density at radius 1 is 1.13 bits per heavy atom. The molecule has 0 radical (unpaired) electrons. The third-order valence-electron chi connectivity index (χ3n) is 7.28. The molecule has 0 aromatic heterocycles. The molecule has 0 bridgehead atoms. The third kappa shape index (κ3) is 3.94. The minimum atomic E-state index is -0.157. The average Bonchev–Trinajstić information content (AvgIpc) is 3.06. The summed E-state index contributed by atoms with van der Waals surface area (Å²) in [5.74, 6) is 0.140. The lowest BCUT2D eigenvalue weighted by Gasteiger charge is -2.45. The Hall–Kier alpha value is -2.08. The van der Waals surface area contributed by atoms with Gasteiger partial charge in [0.1, 0.15) is 0 Å². The van der Waals surface area contributed by atoms with E-state index in [9.17, 15) is 9.59 Å². The fraction of sp³-hybridized carbons (Fsp3) is 0.667. The standard InChI is InChI=1S/C24H35N3O3/c1-4-15-30-23(29)26-11-7-20(8-12-26)25-13-9-24(10-14-25)17-27(19(3)28)22-6-5-18(2)16-21(22)24/h5-6,16,20H,4,7-15,17H2,1-3H3. The number of rotatable bonds is 3. The van der Waals surface area contributed by atoms with Crippen LogP contribution in [0.1, 0.15) is 57.1 Å². The number of anilines is 1. The van der Waals surface area contributed by atoms with Gasteiger partial charge in [-0.1, -0.05) is 24.6 Å². The number of piperidine rings is 2. The molecule has 30 heavy (non-hydrogen) atoms. The maximum absolute atomic E-state index is 12.3. The van der Waals surface area contributed by atoms with Gasteiger partial charge >= 0.3 is 6.09 Å². The fourth-order valence-corrected chi connectivity index (χ4v) is 5.50. The molecule has 0 saturated carbocycles. The molecule has 2 saturated heterocycles. The Bertz CT molecular complexity index is 793. The summed E-state index contributed by atoms with van der Waals surface area (Å²) in [5.41, 5.74) is 3.84. The van der Waals surface area contributed by atoms with Gasteiger partial charge in [-0.2, -0.15) is 0 Å². The molecule has 3 heterocycles. The summed E-state index contributed by atoms with van der Waals surface area (Å²) in [6.07, 6.45) is 4.92. The van der Waals surface area contributed by atoms with Crippen LogP contribution in [0.2, 0.25) is 0 Å². The predicted octanol–water partition coefficient (Wildman–Crippen LogP) is 3.71. The number of fused-ring (bicyclic) bond motifs is 2. The molecule has 0 atom stereocenters. The van der Waals surface area contributed by atoms with E-state index in [-0.39, 0.29) is 17.4 Å². The van der Waals surface area contributed by atoms with E-state index < -0.39 is 0 Å². The molecule has 4 rings (SSSR count). The van der Waals surface area contributed by atoms with Gasteiger partial charge in [-0.3, -0.25) is 4.79 Å². The minimum absolute atomic E-state index is 0.0915. The monoisotopic (exact) mass is 413 g/mol. The molecular formula is C24H35N3O3. The number of nitrogens with zero attached hydrogens (tertiary/aromatic N) is 3. The maximum Gasteiger partial charge on any atom is 0.409 e. The van der Waals surface area contributed by atoms with Gasteiger partial charge in [0.15, 0.2) is 0 Å². The molecule has 0 aliphatic carbocycles. The van der Waals surface area contributed by atoms with E-state index in [0.717, 1.165) is 70.5 Å². The van der Waals surface area contributed by atoms with E-state index >= 15 is 0 Å². The molecule has 2 fully saturated rings. The van der Waals surface area contributed by atoms with Crippen molar-refractivity contribution in [3.63, 3.8) is 0 Å². The van der Waals surface area contributed by atoms with Crippen LogP contribution in [-0.4, -0.2) is 67.2 Å². The smallest absolute Gasteiger partial charge is 0.409 e. The largest absolute Gasteiger partial charge is 0.449 e. The minimum Gasteiger partial charge on any atom is -0.449 e. The first kappa shape index (κ1) is 21.2. The number of hydrogen-bond acceptors (Lipinski definition) is 4. The Morgan fingerprint density at radius 2 is 1.83 bits per heavy atom. The van der Waals surface area contributed by atoms with Gasteiger partial charge in [0.05, 0.1) is 6.61 Å². The van der Waals surface area contributed by atoms with Crippen LogP contribution in [0.4, 0.5) is 10.5 Å². The summed E-state index contributed by atoms with van der Waals surface area (Å²) in [4.78, 5) is 30.8. The van der Waals surface area contributed by atoms with E-state index in [0.29, 0.717) is 12.6 Å². The lowest BCUT2D eigenvalue weighted by atomic mass is 9.73. The molecule has 0 N–H and O–H groups in total. The quantitative estimate of drug-likeness (QED) is 0.758. The topological polar surface area (TPSA) is 53.1 Å². The van der Waals surface area contributed by atoms with Gasteiger partial charge in [0.2, 0.25) is 5.91 Å². The van der Waals surface area contributed by atoms with Crippen LogP contribution in [0.25, 0.3) is 0 Å². The molecule has 3 aliphatic heterocycles. The van der Waals surface area contributed by atoms with Gasteiger partial charge in [-0.15, -0.1) is 0 Å². The zero-order valence-corrected chi connectivity index (χ0v) is 18.7. The second-order valence-corrected chi connectivity index (χ2v) is 9.27. The van der Waals surface area contributed by atoms with Gasteiger partial charge in [-0.05, 0) is 63.7 Å². The van der Waals surface area contributed by atoms with Gasteiger partial charge < -0.3 is 19.4 Å². The molecule has 6 heteroatoms. The third-order valence-corrected chi connectivity index (χ3v) is 7.28. The van der Waals surface area contributed by atoms with Gasteiger partial charge in [0, 0.05) is 43.7 Å². The first-order valence-electron chi connectivity index (χ1n) is 11.5. The first-order chi connectivity index (χ1) is 14.4. The molecular weight excluding hydrogens is 378 g/mol. The van der Waals surface area contributed by atoms with Crippen molar-refractivity contribution in [1.29, 1.82) is 0 Å². The summed E-state index contributed by atoms with van der Waals surface area (Å²) in [5, 5.41) is 0. The van der Waals surface area contributed by atoms with Crippen LogP contribution in [0.5, 0.6) is 0 Å². The summed E-state index contributed by atoms with van der Waals surface area (Å²) in [7, 11) is 0. The van der Waals surface area contributed by atoms with Crippen LogP contribution in [-0.2, 0) is 14.9 Å². The summed E-state index contributed by atoms with van der Waals surface area (Å²) >= 11 is 0. The average molecular weight is 414 g/mol. The highest BCUT2D eigenvalue weighted by molar-refractivity contribution is 5.94. The van der Waals surface area contributed by atoms with E-state index in [4.69, 9.17) is 4.74 Å². The van der Waals surface area contributed by atoms with Crippen LogP contribution < -0.4 is 4.90 Å². The molecule has 1 aromatic rings. The van der Waals surface area contributed by atoms with Crippen LogP contribution in [0.3, 0.4) is 0 Å². The van der Waals surface area contributed by atoms with Crippen molar-refractivity contribution >= 4 is 17.7 Å². The fourth-order valence-electron chi connectivity index (χ4n) is 5.50. The second kappa shape index (κ2) is 8.58. The normalized spacial score (nSPS) is 21.7. The SMILES string of the molecule is CCCOC(=O)N1CCC(N2CCC3(CC2)CN(C(C)=O)c2ccc(C)cc23)CC1. The molecule has 3 aliphatic rings. The number of ether oxygens (including phenoxy) is 1. The Labute approximate surface area is 180 Å². The zero-order valence-electron chi connectivity index (χ0n) is 18.7. The molecule has 6 nitrogen and oxygen atoms in total. The van der Waals surface area contributed by atoms with Crippen molar-refractivity contribution in [2.75, 3.05) is 44.2 Å². The zero-order chi connectivity index (χ0) is 21.3. The van der Waals surface area contributed by atoms with E-state index in [1.54, 1.807) is 6.92 Å². The second-order valence-electron chi connectivity index (χ2n) is 9.27. The van der Waals surface area contributed by atoms with Crippen LogP contribution >= 0.6 is 0 Å². The van der Waals surface area contributed by atoms with Crippen molar-refractivity contribution in [3.8, 4) is 0 Å².